The van der Waals surface area contributed by atoms with Gasteiger partial charge in [0.1, 0.15) is 0 Å². The Hall–Kier alpha value is -1.55. The fourth-order valence-corrected chi connectivity index (χ4v) is 1.52. The van der Waals surface area contributed by atoms with E-state index in [-0.39, 0.29) is 17.7 Å². The Balaban J connectivity index is 3.22. The first-order valence-corrected chi connectivity index (χ1v) is 4.98. The van der Waals surface area contributed by atoms with Gasteiger partial charge in [-0.25, -0.2) is 0 Å². The van der Waals surface area contributed by atoms with Crippen molar-refractivity contribution in [2.24, 2.45) is 0 Å². The van der Waals surface area contributed by atoms with Crippen molar-refractivity contribution in [2.45, 2.75) is 12.1 Å². The van der Waals surface area contributed by atoms with Crippen LogP contribution < -0.4 is 11.5 Å². The summed E-state index contributed by atoms with van der Waals surface area (Å²) in [5, 5.41) is 0. The first-order valence-electron chi connectivity index (χ1n) is 4.98. The Bertz CT molecular complexity index is 370. The molecule has 1 atom stereocenters. The van der Waals surface area contributed by atoms with Crippen molar-refractivity contribution >= 4 is 11.9 Å². The van der Waals surface area contributed by atoms with Crippen molar-refractivity contribution in [3.63, 3.8) is 0 Å². The van der Waals surface area contributed by atoms with E-state index in [9.17, 15) is 0 Å². The van der Waals surface area contributed by atoms with Gasteiger partial charge in [-0.05, 0) is 0 Å². The molecular weight excluding hydrogens is 242 g/mol. The number of anilines is 2. The van der Waals surface area contributed by atoms with Gasteiger partial charge >= 0.3 is 5.97 Å². The molecule has 0 aliphatic carbocycles. The monoisotopic (exact) mass is 259 g/mol. The second-order valence-corrected chi connectivity index (χ2v) is 3.24. The molecular formula is C9H17N5O4. The van der Waals surface area contributed by atoms with Gasteiger partial charge in [-0.3, -0.25) is 0 Å². The first-order chi connectivity index (χ1) is 8.52. The van der Waals surface area contributed by atoms with E-state index < -0.39 is 12.1 Å². The summed E-state index contributed by atoms with van der Waals surface area (Å²) in [5.41, 5.74) is 11.0. The van der Waals surface area contributed by atoms with Gasteiger partial charge < -0.3 is 30.4 Å². The van der Waals surface area contributed by atoms with E-state index in [1.807, 2.05) is 0 Å². The lowest BCUT2D eigenvalue weighted by Crippen LogP contribution is -2.44. The van der Waals surface area contributed by atoms with E-state index >= 15 is 0 Å². The predicted octanol–water partition coefficient (Wildman–Crippen LogP) is -0.683. The quantitative estimate of drug-likeness (QED) is 0.638. The Morgan fingerprint density at radius 3 is 1.67 bits per heavy atom. The van der Waals surface area contributed by atoms with Crippen LogP contribution in [0, 0.1) is 0 Å². The Labute approximate surface area is 104 Å². The molecule has 0 aliphatic heterocycles. The number of aromatic nitrogens is 3. The highest BCUT2D eigenvalue weighted by Crippen LogP contribution is 2.31. The molecule has 0 bridgehead atoms. The van der Waals surface area contributed by atoms with Gasteiger partial charge in [0, 0.05) is 28.4 Å². The van der Waals surface area contributed by atoms with Gasteiger partial charge in [0.05, 0.1) is 0 Å². The van der Waals surface area contributed by atoms with Gasteiger partial charge in [0.25, 0.3) is 0 Å². The highest BCUT2D eigenvalue weighted by molar-refractivity contribution is 5.26. The third-order valence-corrected chi connectivity index (χ3v) is 2.33. The lowest BCUT2D eigenvalue weighted by Gasteiger charge is -2.34. The third kappa shape index (κ3) is 2.64. The molecule has 1 aromatic rings. The lowest BCUT2D eigenvalue weighted by molar-refractivity contribution is -0.395. The SMILES string of the molecule is COC(c1nc(N)nc(N)n1)C(OC)(OC)OC. The molecule has 1 heterocycles. The number of rotatable bonds is 6. The zero-order valence-electron chi connectivity index (χ0n) is 10.7. The van der Waals surface area contributed by atoms with Crippen LogP contribution in [0.5, 0.6) is 0 Å². The van der Waals surface area contributed by atoms with Gasteiger partial charge in [-0.2, -0.15) is 15.0 Å². The number of hydrogen-bond acceptors (Lipinski definition) is 9. The van der Waals surface area contributed by atoms with Gasteiger partial charge in [-0.15, -0.1) is 0 Å². The third-order valence-electron chi connectivity index (χ3n) is 2.33. The molecule has 4 N–H and O–H groups in total. The molecule has 9 heteroatoms. The second-order valence-electron chi connectivity index (χ2n) is 3.24. The number of nitrogen functional groups attached to an aromatic ring is 2. The van der Waals surface area contributed by atoms with Crippen molar-refractivity contribution in [1.29, 1.82) is 0 Å². The van der Waals surface area contributed by atoms with Crippen LogP contribution in [0.1, 0.15) is 11.9 Å². The molecule has 0 amide bonds. The maximum absolute atomic E-state index is 5.50. The molecule has 0 aromatic carbocycles. The highest BCUT2D eigenvalue weighted by Gasteiger charge is 2.44. The first kappa shape index (κ1) is 14.5. The zero-order chi connectivity index (χ0) is 13.8. The average Bonchev–Trinajstić information content (AvgIpc) is 2.35. The molecule has 1 aromatic heterocycles. The molecule has 0 fully saturated rings. The minimum absolute atomic E-state index is 0.0308. The fourth-order valence-electron chi connectivity index (χ4n) is 1.52. The zero-order valence-corrected chi connectivity index (χ0v) is 10.7. The number of methoxy groups -OCH3 is 4. The van der Waals surface area contributed by atoms with Crippen molar-refractivity contribution in [1.82, 2.24) is 15.0 Å². The van der Waals surface area contributed by atoms with E-state index in [0.29, 0.717) is 0 Å². The van der Waals surface area contributed by atoms with Gasteiger partial charge in [0.15, 0.2) is 11.9 Å². The highest BCUT2D eigenvalue weighted by atomic mass is 16.9. The summed E-state index contributed by atoms with van der Waals surface area (Å²) >= 11 is 0. The van der Waals surface area contributed by atoms with Crippen molar-refractivity contribution < 1.29 is 18.9 Å². The van der Waals surface area contributed by atoms with Crippen LogP contribution in [-0.2, 0) is 18.9 Å². The minimum atomic E-state index is -1.50. The fraction of sp³-hybridized carbons (Fsp3) is 0.667. The topological polar surface area (TPSA) is 128 Å². The summed E-state index contributed by atoms with van der Waals surface area (Å²) in [5.74, 6) is -1.42. The van der Waals surface area contributed by atoms with E-state index in [2.05, 4.69) is 15.0 Å². The maximum atomic E-state index is 5.50. The summed E-state index contributed by atoms with van der Waals surface area (Å²) in [6.45, 7) is 0. The van der Waals surface area contributed by atoms with Crippen molar-refractivity contribution in [2.75, 3.05) is 39.9 Å². The molecule has 0 spiro atoms. The predicted molar refractivity (Wildman–Crippen MR) is 62.2 cm³/mol. The minimum Gasteiger partial charge on any atom is -0.368 e. The smallest absolute Gasteiger partial charge is 0.317 e. The molecule has 0 saturated heterocycles. The second kappa shape index (κ2) is 5.87. The Kier molecular flexibility index (Phi) is 4.73. The summed E-state index contributed by atoms with van der Waals surface area (Å²) < 4.78 is 20.8. The maximum Gasteiger partial charge on any atom is 0.317 e. The summed E-state index contributed by atoms with van der Waals surface area (Å²) in [6.07, 6.45) is -0.884. The van der Waals surface area contributed by atoms with Crippen molar-refractivity contribution in [3.05, 3.63) is 5.82 Å². The number of nitrogens with two attached hydrogens (primary N) is 2. The molecule has 1 unspecified atom stereocenters. The van der Waals surface area contributed by atoms with Crippen LogP contribution in [0.15, 0.2) is 0 Å². The molecule has 18 heavy (non-hydrogen) atoms. The molecule has 0 aliphatic rings. The molecule has 9 nitrogen and oxygen atoms in total. The normalized spacial score (nSPS) is 13.6. The van der Waals surface area contributed by atoms with Crippen LogP contribution >= 0.6 is 0 Å². The summed E-state index contributed by atoms with van der Waals surface area (Å²) in [4.78, 5) is 11.5. The summed E-state index contributed by atoms with van der Waals surface area (Å²) in [6, 6.07) is 0. The van der Waals surface area contributed by atoms with Crippen LogP contribution in [0.4, 0.5) is 11.9 Å². The van der Waals surface area contributed by atoms with E-state index in [4.69, 9.17) is 30.4 Å². The molecule has 0 saturated carbocycles. The Morgan fingerprint density at radius 2 is 1.33 bits per heavy atom. The van der Waals surface area contributed by atoms with E-state index in [0.717, 1.165) is 0 Å². The molecule has 102 valence electrons. The number of hydrogen-bond donors (Lipinski definition) is 2. The van der Waals surface area contributed by atoms with Crippen LogP contribution in [-0.4, -0.2) is 49.4 Å². The lowest BCUT2D eigenvalue weighted by atomic mass is 10.2. The Morgan fingerprint density at radius 1 is 0.889 bits per heavy atom. The van der Waals surface area contributed by atoms with E-state index in [1.165, 1.54) is 28.4 Å². The number of nitrogens with zero attached hydrogens (tertiary/aromatic N) is 3. The summed E-state index contributed by atoms with van der Waals surface area (Å²) in [7, 11) is 5.61. The van der Waals surface area contributed by atoms with Crippen LogP contribution in [0.25, 0.3) is 0 Å². The number of ether oxygens (including phenoxy) is 4. The molecule has 0 radical (unpaired) electrons. The molecule has 1 rings (SSSR count). The largest absolute Gasteiger partial charge is 0.368 e. The van der Waals surface area contributed by atoms with Gasteiger partial charge in [0.2, 0.25) is 11.9 Å². The standard InChI is InChI=1S/C9H17N5O4/c1-15-5(9(16-2,17-3)18-4)6-12-7(10)14-8(11)13-6/h5H,1-4H3,(H4,10,11,12,13,14). The van der Waals surface area contributed by atoms with Crippen LogP contribution in [0.3, 0.4) is 0 Å². The van der Waals surface area contributed by atoms with Crippen LogP contribution in [0.2, 0.25) is 0 Å². The van der Waals surface area contributed by atoms with E-state index in [1.54, 1.807) is 0 Å². The average molecular weight is 259 g/mol. The van der Waals surface area contributed by atoms with Crippen molar-refractivity contribution in [3.8, 4) is 0 Å². The van der Waals surface area contributed by atoms with Gasteiger partial charge in [-0.1, -0.05) is 0 Å².